The Morgan fingerprint density at radius 3 is 1.15 bits per heavy atom. The standard InChI is InChI=1S/C49H33N3/c1-3-13-34(14-4-1)36-27-29-37(30-28-36)39-19-9-21-41(31-39)42-22-11-24-44(33-42)48-50-47(43-23-10-20-40(32-43)35-15-5-2-6-16-35)51-49(52-48)46-26-12-18-38-17-7-8-25-45(38)46/h1-33H. The highest BCUT2D eigenvalue weighted by Gasteiger charge is 2.15. The largest absolute Gasteiger partial charge is 0.208 e. The van der Waals surface area contributed by atoms with E-state index >= 15 is 0 Å². The van der Waals surface area contributed by atoms with Crippen molar-refractivity contribution in [3.8, 4) is 78.7 Å². The summed E-state index contributed by atoms with van der Waals surface area (Å²) in [5, 5.41) is 2.25. The summed E-state index contributed by atoms with van der Waals surface area (Å²) in [5.41, 5.74) is 12.1. The minimum absolute atomic E-state index is 0.632. The van der Waals surface area contributed by atoms with E-state index in [0.29, 0.717) is 17.5 Å². The fourth-order valence-corrected chi connectivity index (χ4v) is 6.85. The van der Waals surface area contributed by atoms with Crippen LogP contribution in [0.15, 0.2) is 200 Å². The summed E-state index contributed by atoms with van der Waals surface area (Å²) in [6.45, 7) is 0. The van der Waals surface area contributed by atoms with Gasteiger partial charge in [0, 0.05) is 16.7 Å². The number of fused-ring (bicyclic) bond motifs is 1. The van der Waals surface area contributed by atoms with Crippen molar-refractivity contribution >= 4 is 10.8 Å². The van der Waals surface area contributed by atoms with Gasteiger partial charge in [0.2, 0.25) is 0 Å². The van der Waals surface area contributed by atoms with Crippen molar-refractivity contribution in [2.75, 3.05) is 0 Å². The molecule has 0 aliphatic carbocycles. The summed E-state index contributed by atoms with van der Waals surface area (Å²) in [6.07, 6.45) is 0. The molecule has 1 heterocycles. The summed E-state index contributed by atoms with van der Waals surface area (Å²) in [5.74, 6) is 1.91. The van der Waals surface area contributed by atoms with Gasteiger partial charge in [0.15, 0.2) is 17.5 Å². The molecule has 3 heteroatoms. The van der Waals surface area contributed by atoms with Crippen molar-refractivity contribution in [3.63, 3.8) is 0 Å². The highest BCUT2D eigenvalue weighted by Crippen LogP contribution is 2.34. The van der Waals surface area contributed by atoms with Crippen LogP contribution in [0.2, 0.25) is 0 Å². The minimum atomic E-state index is 0.632. The van der Waals surface area contributed by atoms with Crippen LogP contribution in [0.4, 0.5) is 0 Å². The van der Waals surface area contributed by atoms with Crippen LogP contribution in [-0.4, -0.2) is 15.0 Å². The molecule has 0 bridgehead atoms. The van der Waals surface area contributed by atoms with Gasteiger partial charge in [0.25, 0.3) is 0 Å². The number of rotatable bonds is 7. The Labute approximate surface area is 303 Å². The van der Waals surface area contributed by atoms with E-state index < -0.39 is 0 Å². The van der Waals surface area contributed by atoms with Gasteiger partial charge in [-0.25, -0.2) is 15.0 Å². The van der Waals surface area contributed by atoms with Gasteiger partial charge in [-0.2, -0.15) is 0 Å². The van der Waals surface area contributed by atoms with Gasteiger partial charge in [0.05, 0.1) is 0 Å². The van der Waals surface area contributed by atoms with Gasteiger partial charge < -0.3 is 0 Å². The van der Waals surface area contributed by atoms with Crippen LogP contribution in [0.25, 0.3) is 89.4 Å². The molecule has 0 aliphatic rings. The quantitative estimate of drug-likeness (QED) is 0.170. The van der Waals surface area contributed by atoms with Gasteiger partial charge in [-0.15, -0.1) is 0 Å². The zero-order chi connectivity index (χ0) is 34.7. The van der Waals surface area contributed by atoms with Crippen LogP contribution in [0, 0.1) is 0 Å². The molecular weight excluding hydrogens is 631 g/mol. The number of benzene rings is 8. The van der Waals surface area contributed by atoms with Crippen molar-refractivity contribution in [1.29, 1.82) is 0 Å². The SMILES string of the molecule is c1ccc(-c2ccc(-c3cccc(-c4cccc(-c5nc(-c6cccc(-c7ccccc7)c6)nc(-c6cccc7ccccc67)n5)c4)c3)cc2)cc1. The molecule has 1 aromatic heterocycles. The molecule has 9 rings (SSSR count). The maximum Gasteiger partial charge on any atom is 0.164 e. The molecular formula is C49H33N3. The summed E-state index contributed by atoms with van der Waals surface area (Å²) < 4.78 is 0. The molecule has 0 atom stereocenters. The van der Waals surface area contributed by atoms with E-state index in [-0.39, 0.29) is 0 Å². The Bertz CT molecular complexity index is 2660. The first-order chi connectivity index (χ1) is 25.7. The van der Waals surface area contributed by atoms with Crippen molar-refractivity contribution in [2.24, 2.45) is 0 Å². The van der Waals surface area contributed by atoms with E-state index in [9.17, 15) is 0 Å². The first-order valence-corrected chi connectivity index (χ1v) is 17.5. The average molecular weight is 664 g/mol. The number of nitrogens with zero attached hydrogens (tertiary/aromatic N) is 3. The van der Waals surface area contributed by atoms with Crippen LogP contribution >= 0.6 is 0 Å². The normalized spacial score (nSPS) is 11.1. The molecule has 8 aromatic carbocycles. The topological polar surface area (TPSA) is 38.7 Å². The molecule has 0 radical (unpaired) electrons. The van der Waals surface area contributed by atoms with E-state index in [4.69, 9.17) is 15.0 Å². The third-order valence-electron chi connectivity index (χ3n) is 9.54. The molecule has 0 N–H and O–H groups in total. The fourth-order valence-electron chi connectivity index (χ4n) is 6.85. The highest BCUT2D eigenvalue weighted by atomic mass is 15.0. The van der Waals surface area contributed by atoms with E-state index in [1.165, 1.54) is 22.3 Å². The van der Waals surface area contributed by atoms with Gasteiger partial charge in [-0.05, 0) is 73.5 Å². The third kappa shape index (κ3) is 6.28. The molecule has 0 aliphatic heterocycles. The van der Waals surface area contributed by atoms with Gasteiger partial charge in [0.1, 0.15) is 0 Å². The monoisotopic (exact) mass is 663 g/mol. The Morgan fingerprint density at radius 2 is 0.577 bits per heavy atom. The van der Waals surface area contributed by atoms with Crippen molar-refractivity contribution in [3.05, 3.63) is 200 Å². The zero-order valence-corrected chi connectivity index (χ0v) is 28.4. The van der Waals surface area contributed by atoms with Crippen LogP contribution in [0.3, 0.4) is 0 Å². The summed E-state index contributed by atoms with van der Waals surface area (Å²) in [7, 11) is 0. The fraction of sp³-hybridized carbons (Fsp3) is 0. The first-order valence-electron chi connectivity index (χ1n) is 17.5. The van der Waals surface area contributed by atoms with Crippen LogP contribution in [0.5, 0.6) is 0 Å². The van der Waals surface area contributed by atoms with Crippen LogP contribution in [-0.2, 0) is 0 Å². The Kier molecular flexibility index (Phi) is 8.20. The lowest BCUT2D eigenvalue weighted by atomic mass is 9.96. The van der Waals surface area contributed by atoms with Crippen molar-refractivity contribution in [1.82, 2.24) is 15.0 Å². The molecule has 244 valence electrons. The third-order valence-corrected chi connectivity index (χ3v) is 9.54. The van der Waals surface area contributed by atoms with Crippen LogP contribution in [0.1, 0.15) is 0 Å². The maximum atomic E-state index is 5.14. The van der Waals surface area contributed by atoms with Gasteiger partial charge >= 0.3 is 0 Å². The first kappa shape index (κ1) is 31.0. The number of aromatic nitrogens is 3. The second-order valence-electron chi connectivity index (χ2n) is 12.9. The van der Waals surface area contributed by atoms with Crippen molar-refractivity contribution < 1.29 is 0 Å². The number of hydrogen-bond donors (Lipinski definition) is 0. The molecule has 0 spiro atoms. The molecule has 0 unspecified atom stereocenters. The minimum Gasteiger partial charge on any atom is -0.208 e. The maximum absolute atomic E-state index is 5.14. The predicted octanol–water partition coefficient (Wildman–Crippen LogP) is 12.7. The Hall–Kier alpha value is -6.97. The molecule has 0 saturated heterocycles. The molecule has 52 heavy (non-hydrogen) atoms. The lowest BCUT2D eigenvalue weighted by molar-refractivity contribution is 1.08. The summed E-state index contributed by atoms with van der Waals surface area (Å²) in [6, 6.07) is 70.0. The second-order valence-corrected chi connectivity index (χ2v) is 12.9. The predicted molar refractivity (Wildman–Crippen MR) is 215 cm³/mol. The molecule has 3 nitrogen and oxygen atoms in total. The Morgan fingerprint density at radius 1 is 0.231 bits per heavy atom. The lowest BCUT2D eigenvalue weighted by Crippen LogP contribution is -2.01. The van der Waals surface area contributed by atoms with E-state index in [0.717, 1.165) is 49.7 Å². The summed E-state index contributed by atoms with van der Waals surface area (Å²) >= 11 is 0. The Balaban J connectivity index is 1.13. The average Bonchev–Trinajstić information content (AvgIpc) is 3.24. The smallest absolute Gasteiger partial charge is 0.164 e. The molecule has 0 saturated carbocycles. The van der Waals surface area contributed by atoms with Crippen molar-refractivity contribution in [2.45, 2.75) is 0 Å². The van der Waals surface area contributed by atoms with E-state index in [2.05, 4.69) is 188 Å². The zero-order valence-electron chi connectivity index (χ0n) is 28.4. The van der Waals surface area contributed by atoms with Crippen LogP contribution < -0.4 is 0 Å². The highest BCUT2D eigenvalue weighted by molar-refractivity contribution is 5.95. The lowest BCUT2D eigenvalue weighted by Gasteiger charge is -2.12. The van der Waals surface area contributed by atoms with E-state index in [1.54, 1.807) is 0 Å². The van der Waals surface area contributed by atoms with E-state index in [1.807, 2.05) is 12.1 Å². The molecule has 0 fully saturated rings. The molecule has 9 aromatic rings. The second kappa shape index (κ2) is 13.7. The summed E-state index contributed by atoms with van der Waals surface area (Å²) in [4.78, 5) is 15.4. The van der Waals surface area contributed by atoms with Gasteiger partial charge in [-0.1, -0.05) is 182 Å². The number of hydrogen-bond acceptors (Lipinski definition) is 3. The van der Waals surface area contributed by atoms with Gasteiger partial charge in [-0.3, -0.25) is 0 Å². The molecule has 0 amide bonds.